The molecule has 8 heteroatoms. The van der Waals surface area contributed by atoms with Crippen molar-refractivity contribution < 1.29 is 17.9 Å². The molecule has 0 aliphatic rings. The van der Waals surface area contributed by atoms with Crippen molar-refractivity contribution in [3.63, 3.8) is 0 Å². The van der Waals surface area contributed by atoms with Crippen LogP contribution in [0.5, 0.6) is 5.75 Å². The maximum absolute atomic E-state index is 12.3. The second-order valence-corrected chi connectivity index (χ2v) is 7.41. The summed E-state index contributed by atoms with van der Waals surface area (Å²) in [5.74, 6) is -0.258. The lowest BCUT2D eigenvalue weighted by Gasteiger charge is -2.16. The Kier molecular flexibility index (Phi) is 5.97. The Labute approximate surface area is 152 Å². The molecule has 0 aromatic heterocycles. The van der Waals surface area contributed by atoms with Gasteiger partial charge in [0.05, 0.1) is 16.5 Å². The van der Waals surface area contributed by atoms with Gasteiger partial charge >= 0.3 is 0 Å². The number of amides is 1. The van der Waals surface area contributed by atoms with Crippen molar-refractivity contribution in [2.45, 2.75) is 31.8 Å². The van der Waals surface area contributed by atoms with Crippen molar-refractivity contribution in [1.29, 1.82) is 5.26 Å². The molecule has 0 heterocycles. The lowest BCUT2D eigenvalue weighted by molar-refractivity contribution is -0.127. The third-order valence-corrected chi connectivity index (χ3v) is 5.00. The Hall–Kier alpha value is -2.89. The number of sulfonamides is 1. The topological polar surface area (TPSA) is 108 Å². The first-order valence-corrected chi connectivity index (χ1v) is 9.27. The van der Waals surface area contributed by atoms with E-state index in [4.69, 9.17) is 10.00 Å². The van der Waals surface area contributed by atoms with E-state index in [0.717, 1.165) is 5.56 Å². The van der Waals surface area contributed by atoms with Gasteiger partial charge in [-0.3, -0.25) is 10.2 Å². The predicted octanol–water partition coefficient (Wildman–Crippen LogP) is 1.95. The highest BCUT2D eigenvalue weighted by atomic mass is 32.2. The third kappa shape index (κ3) is 4.81. The number of nitrogens with one attached hydrogen (secondary N) is 2. The molecule has 136 valence electrons. The van der Waals surface area contributed by atoms with Gasteiger partial charge in [-0.25, -0.2) is 8.42 Å². The number of nitrogens with zero attached hydrogens (tertiary/aromatic N) is 1. The van der Waals surface area contributed by atoms with Gasteiger partial charge in [0, 0.05) is 0 Å². The number of hydrazine groups is 1. The molecule has 0 saturated carbocycles. The van der Waals surface area contributed by atoms with Crippen LogP contribution >= 0.6 is 0 Å². The van der Waals surface area contributed by atoms with Crippen molar-refractivity contribution >= 4 is 15.9 Å². The number of hydrogen-bond acceptors (Lipinski definition) is 5. The summed E-state index contributed by atoms with van der Waals surface area (Å²) in [7, 11) is -3.89. The molecule has 2 aromatic rings. The van der Waals surface area contributed by atoms with Crippen LogP contribution in [0.2, 0.25) is 0 Å². The predicted molar refractivity (Wildman–Crippen MR) is 95.6 cm³/mol. The maximum Gasteiger partial charge on any atom is 0.275 e. The Morgan fingerprint density at radius 2 is 1.81 bits per heavy atom. The second-order valence-electron chi connectivity index (χ2n) is 5.76. The molecule has 0 unspecified atom stereocenters. The molecule has 0 bridgehead atoms. The number of carbonyl (C=O) groups is 1. The van der Waals surface area contributed by atoms with E-state index in [1.54, 1.807) is 43.3 Å². The van der Waals surface area contributed by atoms with Crippen molar-refractivity contribution in [3.8, 4) is 11.8 Å². The highest BCUT2D eigenvalue weighted by Crippen LogP contribution is 2.16. The van der Waals surface area contributed by atoms with Crippen LogP contribution in [0.4, 0.5) is 0 Å². The zero-order chi connectivity index (χ0) is 19.3. The molecular formula is C18H19N3O4S. The molecule has 26 heavy (non-hydrogen) atoms. The molecule has 0 radical (unpaired) electrons. The fraction of sp³-hybridized carbons (Fsp3) is 0.222. The first kappa shape index (κ1) is 19.4. The van der Waals surface area contributed by atoms with Gasteiger partial charge in [-0.05, 0) is 56.7 Å². The third-order valence-electron chi connectivity index (χ3n) is 3.59. The first-order chi connectivity index (χ1) is 12.2. The number of hydrogen-bond donors (Lipinski definition) is 2. The molecule has 0 spiro atoms. The minimum Gasteiger partial charge on any atom is -0.481 e. The van der Waals surface area contributed by atoms with Gasteiger partial charge in [-0.2, -0.15) is 5.26 Å². The molecule has 0 fully saturated rings. The summed E-state index contributed by atoms with van der Waals surface area (Å²) in [4.78, 5) is 14.2. The van der Waals surface area contributed by atoms with Crippen LogP contribution in [0, 0.1) is 25.2 Å². The van der Waals surface area contributed by atoms with Crippen LogP contribution in [0.15, 0.2) is 47.4 Å². The van der Waals surface area contributed by atoms with E-state index in [-0.39, 0.29) is 4.90 Å². The molecule has 0 saturated heterocycles. The molecule has 0 aliphatic heterocycles. The summed E-state index contributed by atoms with van der Waals surface area (Å²) >= 11 is 0. The summed E-state index contributed by atoms with van der Waals surface area (Å²) in [6, 6.07) is 13.1. The van der Waals surface area contributed by atoms with E-state index in [9.17, 15) is 13.2 Å². The normalized spacial score (nSPS) is 12.1. The summed E-state index contributed by atoms with van der Waals surface area (Å²) in [5, 5.41) is 8.75. The van der Waals surface area contributed by atoms with Crippen molar-refractivity contribution in [2.24, 2.45) is 0 Å². The van der Waals surface area contributed by atoms with E-state index in [1.807, 2.05) is 13.0 Å². The Balaban J connectivity index is 1.99. The average molecular weight is 373 g/mol. The summed E-state index contributed by atoms with van der Waals surface area (Å²) in [6.07, 6.45) is -0.940. The van der Waals surface area contributed by atoms with Gasteiger partial charge < -0.3 is 4.74 Å². The van der Waals surface area contributed by atoms with Gasteiger partial charge in [-0.1, -0.05) is 17.7 Å². The van der Waals surface area contributed by atoms with E-state index in [1.165, 1.54) is 13.0 Å². The lowest BCUT2D eigenvalue weighted by Crippen LogP contribution is -2.47. The average Bonchev–Trinajstić information content (AvgIpc) is 2.60. The number of nitriles is 1. The van der Waals surface area contributed by atoms with Crippen LogP contribution in [-0.4, -0.2) is 20.4 Å². The number of ether oxygens (including phenoxy) is 1. The SMILES string of the molecule is Cc1ccc(S(=O)(=O)NNC(=O)[C@H](C)Oc2ccc(C#N)cc2)c(C)c1. The van der Waals surface area contributed by atoms with Crippen molar-refractivity contribution in [3.05, 3.63) is 59.2 Å². The number of rotatable bonds is 6. The summed E-state index contributed by atoms with van der Waals surface area (Å²) in [5.41, 5.74) is 4.14. The summed E-state index contributed by atoms with van der Waals surface area (Å²) in [6.45, 7) is 5.03. The van der Waals surface area contributed by atoms with Gasteiger partial charge in [-0.15, -0.1) is 4.83 Å². The van der Waals surface area contributed by atoms with Gasteiger partial charge in [0.1, 0.15) is 5.75 Å². The van der Waals surface area contributed by atoms with Crippen molar-refractivity contribution in [1.82, 2.24) is 10.3 Å². The fourth-order valence-corrected chi connectivity index (χ4v) is 3.32. The second kappa shape index (κ2) is 7.99. The van der Waals surface area contributed by atoms with E-state index in [0.29, 0.717) is 16.9 Å². The maximum atomic E-state index is 12.3. The Bertz CT molecular complexity index is 947. The molecule has 2 rings (SSSR count). The largest absolute Gasteiger partial charge is 0.481 e. The van der Waals surface area contributed by atoms with Gasteiger partial charge in [0.2, 0.25) is 0 Å². The van der Waals surface area contributed by atoms with Gasteiger partial charge in [0.25, 0.3) is 15.9 Å². The number of aryl methyl sites for hydroxylation is 2. The van der Waals surface area contributed by atoms with Gasteiger partial charge in [0.15, 0.2) is 6.10 Å². The van der Waals surface area contributed by atoms with Crippen LogP contribution < -0.4 is 15.0 Å². The van der Waals surface area contributed by atoms with Crippen LogP contribution in [0.1, 0.15) is 23.6 Å². The lowest BCUT2D eigenvalue weighted by atomic mass is 10.2. The smallest absolute Gasteiger partial charge is 0.275 e. The molecule has 1 amide bonds. The summed E-state index contributed by atoms with van der Waals surface area (Å²) < 4.78 is 30.1. The molecular weight excluding hydrogens is 354 g/mol. The van der Waals surface area contributed by atoms with E-state index < -0.39 is 22.0 Å². The molecule has 7 nitrogen and oxygen atoms in total. The number of carbonyl (C=O) groups excluding carboxylic acids is 1. The number of benzene rings is 2. The quantitative estimate of drug-likeness (QED) is 0.753. The highest BCUT2D eigenvalue weighted by molar-refractivity contribution is 7.89. The minimum atomic E-state index is -3.89. The van der Waals surface area contributed by atoms with Crippen LogP contribution in [-0.2, 0) is 14.8 Å². The molecule has 2 N–H and O–H groups in total. The zero-order valence-electron chi connectivity index (χ0n) is 14.6. The van der Waals surface area contributed by atoms with Crippen molar-refractivity contribution in [2.75, 3.05) is 0 Å². The highest BCUT2D eigenvalue weighted by Gasteiger charge is 2.20. The monoisotopic (exact) mass is 373 g/mol. The minimum absolute atomic E-state index is 0.0871. The first-order valence-electron chi connectivity index (χ1n) is 7.78. The van der Waals surface area contributed by atoms with E-state index in [2.05, 4.69) is 10.3 Å². The zero-order valence-corrected chi connectivity index (χ0v) is 15.4. The molecule has 2 aromatic carbocycles. The Morgan fingerprint density at radius 3 is 2.38 bits per heavy atom. The standard InChI is InChI=1S/C18H19N3O4S/c1-12-4-9-17(13(2)10-12)26(23,24)21-20-18(22)14(3)25-16-7-5-15(11-19)6-8-16/h4-10,14,21H,1-3H3,(H,20,22)/t14-/m0/s1. The fourth-order valence-electron chi connectivity index (χ4n) is 2.24. The molecule has 1 atom stereocenters. The van der Waals surface area contributed by atoms with E-state index >= 15 is 0 Å². The van der Waals surface area contributed by atoms with Crippen LogP contribution in [0.3, 0.4) is 0 Å². The molecule has 0 aliphatic carbocycles. The van der Waals surface area contributed by atoms with Crippen LogP contribution in [0.25, 0.3) is 0 Å². The Morgan fingerprint density at radius 1 is 1.15 bits per heavy atom.